The zero-order valence-electron chi connectivity index (χ0n) is 21.3. The van der Waals surface area contributed by atoms with Gasteiger partial charge in [0, 0.05) is 33.5 Å². The van der Waals surface area contributed by atoms with E-state index in [0.29, 0.717) is 27.6 Å². The van der Waals surface area contributed by atoms with Crippen molar-refractivity contribution in [3.8, 4) is 0 Å². The van der Waals surface area contributed by atoms with Crippen molar-refractivity contribution in [1.82, 2.24) is 0 Å². The molecule has 1 unspecified atom stereocenters. The number of amides is 2. The summed E-state index contributed by atoms with van der Waals surface area (Å²) in [6, 6.07) is 0. The largest absolute Gasteiger partial charge is 0.461 e. The van der Waals surface area contributed by atoms with Crippen LogP contribution in [0.4, 0.5) is 11.4 Å². The normalized spacial score (nSPS) is 15.9. The first-order valence-electron chi connectivity index (χ1n) is 11.1. The lowest BCUT2D eigenvalue weighted by Gasteiger charge is -2.30. The van der Waals surface area contributed by atoms with Gasteiger partial charge >= 0.3 is 17.9 Å². The molecule has 1 aliphatic heterocycles. The second kappa shape index (κ2) is 14.4. The number of benzene rings is 1. The Morgan fingerprint density at radius 2 is 1.50 bits per heavy atom. The van der Waals surface area contributed by atoms with E-state index in [1.54, 1.807) is 13.8 Å². The quantitative estimate of drug-likeness (QED) is 0.212. The van der Waals surface area contributed by atoms with Crippen molar-refractivity contribution in [2.24, 2.45) is 0 Å². The molecule has 210 valence electrons. The van der Waals surface area contributed by atoms with Crippen molar-refractivity contribution in [2.45, 2.75) is 53.1 Å². The number of hydrogen-bond acceptors (Lipinski definition) is 10. The predicted octanol–water partition coefficient (Wildman–Crippen LogP) is 3.11. The molecule has 1 aromatic rings. The molecule has 0 aromatic heterocycles. The van der Waals surface area contributed by atoms with E-state index in [2.05, 4.69) is 5.32 Å². The van der Waals surface area contributed by atoms with E-state index in [-0.39, 0.29) is 19.8 Å². The molecule has 1 fully saturated rings. The summed E-state index contributed by atoms with van der Waals surface area (Å²) in [7, 11) is 0. The monoisotopic (exact) mass is 872 g/mol. The SMILES string of the molecule is CC(=O)OCC(=O)Nc1c(I)c(COC(C)=O)c(I)c(N(CC2COC(C)(C)O2)C(=O)COC(C)=O)c1I. The second-order valence-electron chi connectivity index (χ2n) is 8.49. The van der Waals surface area contributed by atoms with E-state index in [1.165, 1.54) is 25.7 Å². The fraction of sp³-hybridized carbons (Fsp3) is 0.522. The van der Waals surface area contributed by atoms with Gasteiger partial charge in [-0.15, -0.1) is 0 Å². The van der Waals surface area contributed by atoms with Crippen LogP contribution >= 0.6 is 67.8 Å². The van der Waals surface area contributed by atoms with Gasteiger partial charge in [0.15, 0.2) is 19.0 Å². The van der Waals surface area contributed by atoms with Gasteiger partial charge in [-0.05, 0) is 81.6 Å². The van der Waals surface area contributed by atoms with Crippen LogP contribution in [0.5, 0.6) is 0 Å². The highest BCUT2D eigenvalue weighted by Crippen LogP contribution is 2.41. The second-order valence-corrected chi connectivity index (χ2v) is 11.7. The van der Waals surface area contributed by atoms with Crippen LogP contribution in [0, 0.1) is 10.7 Å². The number of anilines is 2. The number of carbonyl (C=O) groups excluding carboxylic acids is 5. The molecule has 0 bridgehead atoms. The Kier molecular flexibility index (Phi) is 12.4. The molecule has 2 amide bonds. The number of halogens is 3. The maximum Gasteiger partial charge on any atom is 0.303 e. The maximum atomic E-state index is 13.4. The van der Waals surface area contributed by atoms with Crippen molar-refractivity contribution < 1.29 is 47.7 Å². The van der Waals surface area contributed by atoms with Gasteiger partial charge in [-0.1, -0.05) is 0 Å². The Morgan fingerprint density at radius 3 is 2.03 bits per heavy atom. The molecule has 1 N–H and O–H groups in total. The molecule has 1 saturated heterocycles. The molecule has 0 spiro atoms. The molecule has 0 saturated carbocycles. The van der Waals surface area contributed by atoms with Gasteiger partial charge in [0.25, 0.3) is 11.8 Å². The molecular formula is C23H27I3N2O10. The van der Waals surface area contributed by atoms with Crippen molar-refractivity contribution >= 4 is 109 Å². The molecule has 15 heteroatoms. The summed E-state index contributed by atoms with van der Waals surface area (Å²) in [6.07, 6.45) is -0.504. The Balaban J connectivity index is 2.63. The van der Waals surface area contributed by atoms with Crippen LogP contribution in [0.2, 0.25) is 0 Å². The number of ether oxygens (including phenoxy) is 5. The summed E-state index contributed by atoms with van der Waals surface area (Å²) >= 11 is 6.05. The highest BCUT2D eigenvalue weighted by Gasteiger charge is 2.37. The lowest BCUT2D eigenvalue weighted by Crippen LogP contribution is -2.42. The molecule has 38 heavy (non-hydrogen) atoms. The molecule has 12 nitrogen and oxygen atoms in total. The smallest absolute Gasteiger partial charge is 0.303 e. The third-order valence-corrected chi connectivity index (χ3v) is 8.30. The number of rotatable bonds is 10. The maximum absolute atomic E-state index is 13.4. The minimum absolute atomic E-state index is 0.0456. The topological polar surface area (TPSA) is 147 Å². The number of esters is 3. The van der Waals surface area contributed by atoms with Gasteiger partial charge in [-0.2, -0.15) is 0 Å². The van der Waals surface area contributed by atoms with Gasteiger partial charge < -0.3 is 33.9 Å². The minimum atomic E-state index is -0.849. The lowest BCUT2D eigenvalue weighted by atomic mass is 10.1. The molecular weight excluding hydrogens is 845 g/mol. The Hall–Kier alpha value is -1.32. The summed E-state index contributed by atoms with van der Waals surface area (Å²) in [6.45, 7) is 6.24. The van der Waals surface area contributed by atoms with E-state index in [9.17, 15) is 24.0 Å². The summed E-state index contributed by atoms with van der Waals surface area (Å²) in [5.41, 5.74) is 1.26. The van der Waals surface area contributed by atoms with Crippen LogP contribution in [-0.4, -0.2) is 68.0 Å². The minimum Gasteiger partial charge on any atom is -0.461 e. The Labute approximate surface area is 260 Å². The summed E-state index contributed by atoms with van der Waals surface area (Å²) in [5.74, 6) is -3.75. The first-order chi connectivity index (χ1) is 17.6. The molecule has 1 aliphatic rings. The van der Waals surface area contributed by atoms with Crippen molar-refractivity contribution in [1.29, 1.82) is 0 Å². The van der Waals surface area contributed by atoms with E-state index in [0.717, 1.165) is 0 Å². The van der Waals surface area contributed by atoms with Gasteiger partial charge in [-0.3, -0.25) is 24.0 Å². The van der Waals surface area contributed by atoms with Crippen molar-refractivity contribution in [2.75, 3.05) is 36.6 Å². The van der Waals surface area contributed by atoms with Crippen LogP contribution in [0.3, 0.4) is 0 Å². The Bertz CT molecular complexity index is 1130. The molecule has 1 aromatic carbocycles. The highest BCUT2D eigenvalue weighted by atomic mass is 127. The van der Waals surface area contributed by atoms with Crippen molar-refractivity contribution in [3.05, 3.63) is 16.3 Å². The fourth-order valence-electron chi connectivity index (χ4n) is 3.31. The molecule has 0 radical (unpaired) electrons. The molecule has 1 atom stereocenters. The average Bonchev–Trinajstić information content (AvgIpc) is 3.16. The summed E-state index contributed by atoms with van der Waals surface area (Å²) < 4.78 is 28.2. The van der Waals surface area contributed by atoms with Crippen LogP contribution in [0.15, 0.2) is 0 Å². The number of nitrogens with zero attached hydrogens (tertiary/aromatic N) is 1. The average molecular weight is 872 g/mol. The highest BCUT2D eigenvalue weighted by molar-refractivity contribution is 14.1. The van der Waals surface area contributed by atoms with Crippen LogP contribution < -0.4 is 10.2 Å². The Morgan fingerprint density at radius 1 is 0.921 bits per heavy atom. The van der Waals surface area contributed by atoms with Gasteiger partial charge in [-0.25, -0.2) is 0 Å². The number of nitrogens with one attached hydrogen (secondary N) is 1. The van der Waals surface area contributed by atoms with E-state index in [1.807, 2.05) is 67.8 Å². The van der Waals surface area contributed by atoms with Crippen LogP contribution in [0.1, 0.15) is 40.2 Å². The molecule has 0 aliphatic carbocycles. The standard InChI is InChI=1S/C23H27I3N2O10/c1-11(29)34-8-15-18(24)21(27-16(32)9-35-12(2)30)20(26)22(19(15)25)28(17(33)10-36-13(3)31)6-14-7-37-23(4,5)38-14/h14H,6-10H2,1-5H3,(H,27,32). The summed E-state index contributed by atoms with van der Waals surface area (Å²) in [4.78, 5) is 61.5. The van der Waals surface area contributed by atoms with E-state index >= 15 is 0 Å². The van der Waals surface area contributed by atoms with Crippen molar-refractivity contribution in [3.63, 3.8) is 0 Å². The third kappa shape index (κ3) is 9.40. The van der Waals surface area contributed by atoms with Crippen LogP contribution in [-0.2, 0) is 54.3 Å². The van der Waals surface area contributed by atoms with E-state index < -0.39 is 54.8 Å². The predicted molar refractivity (Wildman–Crippen MR) is 159 cm³/mol. The first-order valence-corrected chi connectivity index (χ1v) is 14.4. The molecule has 1 heterocycles. The number of hydrogen-bond donors (Lipinski definition) is 1. The van der Waals surface area contributed by atoms with Crippen LogP contribution in [0.25, 0.3) is 0 Å². The fourth-order valence-corrected chi connectivity index (χ4v) is 7.64. The zero-order valence-corrected chi connectivity index (χ0v) is 27.7. The van der Waals surface area contributed by atoms with E-state index in [4.69, 9.17) is 23.7 Å². The third-order valence-electron chi connectivity index (χ3n) is 4.90. The first kappa shape index (κ1) is 32.9. The van der Waals surface area contributed by atoms with Gasteiger partial charge in [0.2, 0.25) is 0 Å². The summed E-state index contributed by atoms with van der Waals surface area (Å²) in [5, 5.41) is 2.73. The number of carbonyl (C=O) groups is 5. The van der Waals surface area contributed by atoms with Gasteiger partial charge in [0.05, 0.1) is 28.1 Å². The van der Waals surface area contributed by atoms with Gasteiger partial charge in [0.1, 0.15) is 12.7 Å². The molecule has 2 rings (SSSR count). The lowest BCUT2D eigenvalue weighted by molar-refractivity contribution is -0.146. The zero-order chi connectivity index (χ0) is 28.8.